The van der Waals surface area contributed by atoms with Gasteiger partial charge in [-0.1, -0.05) is 24.3 Å². The molecule has 1 saturated carbocycles. The Morgan fingerprint density at radius 3 is 2.43 bits per heavy atom. The van der Waals surface area contributed by atoms with E-state index in [-0.39, 0.29) is 0 Å². The average Bonchev–Trinajstić information content (AvgIpc) is 2.46. The molecule has 0 aliphatic heterocycles. The molecular weight excluding hydrogens is 258 g/mol. The number of aryl methyl sites for hydroxylation is 1. The molecule has 0 unspecified atom stereocenters. The summed E-state index contributed by atoms with van der Waals surface area (Å²) in [5.74, 6) is 1.65. The van der Waals surface area contributed by atoms with Crippen LogP contribution in [0.15, 0.2) is 48.5 Å². The van der Waals surface area contributed by atoms with Crippen LogP contribution in [0, 0.1) is 6.92 Å². The second kappa shape index (κ2) is 6.21. The minimum absolute atomic E-state index is 0.590. The largest absolute Gasteiger partial charge is 0.494 e. The summed E-state index contributed by atoms with van der Waals surface area (Å²) in [7, 11) is 0. The lowest BCUT2D eigenvalue weighted by Gasteiger charge is -2.37. The Balaban J connectivity index is 1.54. The maximum absolute atomic E-state index is 5.47. The molecule has 0 radical (unpaired) electrons. The fourth-order valence-electron chi connectivity index (χ4n) is 3.08. The first kappa shape index (κ1) is 14.0. The van der Waals surface area contributed by atoms with Gasteiger partial charge >= 0.3 is 0 Å². The van der Waals surface area contributed by atoms with Crippen LogP contribution in [0.2, 0.25) is 0 Å². The van der Waals surface area contributed by atoms with Crippen molar-refractivity contribution in [2.24, 2.45) is 0 Å². The molecule has 2 heteroatoms. The summed E-state index contributed by atoms with van der Waals surface area (Å²) in [6.07, 6.45) is 2.44. The molecule has 2 aromatic carbocycles. The highest BCUT2D eigenvalue weighted by atomic mass is 16.5. The molecule has 0 bridgehead atoms. The van der Waals surface area contributed by atoms with Crippen LogP contribution < -0.4 is 10.1 Å². The van der Waals surface area contributed by atoms with Gasteiger partial charge in [0.2, 0.25) is 0 Å². The second-order valence-electron chi connectivity index (χ2n) is 5.82. The fourth-order valence-corrected chi connectivity index (χ4v) is 3.08. The summed E-state index contributed by atoms with van der Waals surface area (Å²) in [5.41, 5.74) is 4.12. The van der Waals surface area contributed by atoms with Crippen molar-refractivity contribution in [3.63, 3.8) is 0 Å². The minimum atomic E-state index is 0.590. The van der Waals surface area contributed by atoms with Gasteiger partial charge in [0.1, 0.15) is 5.75 Å². The first-order valence-electron chi connectivity index (χ1n) is 7.81. The van der Waals surface area contributed by atoms with Gasteiger partial charge in [-0.3, -0.25) is 0 Å². The van der Waals surface area contributed by atoms with Crippen LogP contribution in [-0.4, -0.2) is 12.6 Å². The molecule has 2 aromatic rings. The number of hydrogen-bond acceptors (Lipinski definition) is 2. The molecule has 1 N–H and O–H groups in total. The zero-order chi connectivity index (χ0) is 14.7. The molecule has 0 aromatic heterocycles. The highest BCUT2D eigenvalue weighted by Crippen LogP contribution is 2.39. The summed E-state index contributed by atoms with van der Waals surface area (Å²) >= 11 is 0. The van der Waals surface area contributed by atoms with Crippen molar-refractivity contribution in [2.45, 2.75) is 38.6 Å². The van der Waals surface area contributed by atoms with Crippen LogP contribution in [-0.2, 0) is 0 Å². The fraction of sp³-hybridized carbons (Fsp3) is 0.368. The van der Waals surface area contributed by atoms with Crippen molar-refractivity contribution >= 4 is 5.69 Å². The number of nitrogens with one attached hydrogen (secondary N) is 1. The molecule has 21 heavy (non-hydrogen) atoms. The molecule has 110 valence electrons. The number of rotatable bonds is 5. The van der Waals surface area contributed by atoms with E-state index in [1.54, 1.807) is 0 Å². The second-order valence-corrected chi connectivity index (χ2v) is 5.82. The number of hydrogen-bond donors (Lipinski definition) is 1. The van der Waals surface area contributed by atoms with E-state index in [0.29, 0.717) is 18.6 Å². The summed E-state index contributed by atoms with van der Waals surface area (Å²) in [6, 6.07) is 17.6. The minimum Gasteiger partial charge on any atom is -0.494 e. The Morgan fingerprint density at radius 2 is 1.76 bits per heavy atom. The van der Waals surface area contributed by atoms with Crippen molar-refractivity contribution in [2.75, 3.05) is 11.9 Å². The normalized spacial score (nSPS) is 20.7. The summed E-state index contributed by atoms with van der Waals surface area (Å²) in [6.45, 7) is 4.93. The van der Waals surface area contributed by atoms with Gasteiger partial charge in [0.25, 0.3) is 0 Å². The lowest BCUT2D eigenvalue weighted by Crippen LogP contribution is -2.34. The van der Waals surface area contributed by atoms with E-state index in [0.717, 1.165) is 5.75 Å². The monoisotopic (exact) mass is 281 g/mol. The van der Waals surface area contributed by atoms with Gasteiger partial charge < -0.3 is 10.1 Å². The van der Waals surface area contributed by atoms with Crippen molar-refractivity contribution in [3.8, 4) is 5.75 Å². The lowest BCUT2D eigenvalue weighted by atomic mass is 9.74. The van der Waals surface area contributed by atoms with Crippen LogP contribution in [0.1, 0.15) is 36.8 Å². The molecule has 0 amide bonds. The van der Waals surface area contributed by atoms with E-state index in [1.807, 2.05) is 19.1 Å². The van der Waals surface area contributed by atoms with Gasteiger partial charge in [-0.05, 0) is 68.0 Å². The topological polar surface area (TPSA) is 21.3 Å². The standard InChI is InChI=1S/C19H23NO/c1-3-21-18-10-8-16(9-11-18)20-17-12-15(13-17)19-7-5-4-6-14(19)2/h4-11,15,17,20H,3,12-13H2,1-2H3. The van der Waals surface area contributed by atoms with Crippen molar-refractivity contribution in [1.29, 1.82) is 0 Å². The average molecular weight is 281 g/mol. The molecule has 3 rings (SSSR count). The van der Waals surface area contributed by atoms with Gasteiger partial charge in [-0.2, -0.15) is 0 Å². The maximum atomic E-state index is 5.47. The van der Waals surface area contributed by atoms with Crippen LogP contribution in [0.25, 0.3) is 0 Å². The van der Waals surface area contributed by atoms with Gasteiger partial charge in [0.15, 0.2) is 0 Å². The first-order chi connectivity index (χ1) is 10.3. The molecule has 0 spiro atoms. The molecular formula is C19H23NO. The molecule has 1 fully saturated rings. The summed E-state index contributed by atoms with van der Waals surface area (Å²) in [5, 5.41) is 3.61. The van der Waals surface area contributed by atoms with Crippen LogP contribution >= 0.6 is 0 Å². The van der Waals surface area contributed by atoms with Gasteiger partial charge in [-0.15, -0.1) is 0 Å². The van der Waals surface area contributed by atoms with Crippen molar-refractivity contribution < 1.29 is 4.74 Å². The molecule has 0 saturated heterocycles. The van der Waals surface area contributed by atoms with E-state index < -0.39 is 0 Å². The zero-order valence-electron chi connectivity index (χ0n) is 12.8. The van der Waals surface area contributed by atoms with Gasteiger partial charge in [0, 0.05) is 11.7 Å². The third-order valence-corrected chi connectivity index (χ3v) is 4.30. The van der Waals surface area contributed by atoms with Crippen LogP contribution in [0.5, 0.6) is 5.75 Å². The summed E-state index contributed by atoms with van der Waals surface area (Å²) in [4.78, 5) is 0. The third kappa shape index (κ3) is 3.21. The van der Waals surface area contributed by atoms with Crippen molar-refractivity contribution in [3.05, 3.63) is 59.7 Å². The number of benzene rings is 2. The highest BCUT2D eigenvalue weighted by molar-refractivity contribution is 5.48. The predicted octanol–water partition coefficient (Wildman–Crippen LogP) is 4.75. The van der Waals surface area contributed by atoms with E-state index >= 15 is 0 Å². The Labute approximate surface area is 127 Å². The SMILES string of the molecule is CCOc1ccc(NC2CC(c3ccccc3C)C2)cc1. The van der Waals surface area contributed by atoms with Gasteiger partial charge in [-0.25, -0.2) is 0 Å². The zero-order valence-corrected chi connectivity index (χ0v) is 12.8. The smallest absolute Gasteiger partial charge is 0.119 e. The van der Waals surface area contributed by atoms with E-state index in [2.05, 4.69) is 48.6 Å². The first-order valence-corrected chi connectivity index (χ1v) is 7.81. The Hall–Kier alpha value is -1.96. The maximum Gasteiger partial charge on any atom is 0.119 e. The van der Waals surface area contributed by atoms with E-state index in [4.69, 9.17) is 4.74 Å². The van der Waals surface area contributed by atoms with E-state index in [9.17, 15) is 0 Å². The van der Waals surface area contributed by atoms with Crippen LogP contribution in [0.3, 0.4) is 0 Å². The van der Waals surface area contributed by atoms with Crippen LogP contribution in [0.4, 0.5) is 5.69 Å². The Bertz CT molecular complexity index is 585. The quantitative estimate of drug-likeness (QED) is 0.853. The van der Waals surface area contributed by atoms with E-state index in [1.165, 1.54) is 29.7 Å². The third-order valence-electron chi connectivity index (χ3n) is 4.30. The lowest BCUT2D eigenvalue weighted by molar-refractivity contribution is 0.340. The van der Waals surface area contributed by atoms with Gasteiger partial charge in [0.05, 0.1) is 6.61 Å². The Morgan fingerprint density at radius 1 is 1.05 bits per heavy atom. The molecule has 1 aliphatic rings. The molecule has 0 heterocycles. The number of ether oxygens (including phenoxy) is 1. The predicted molar refractivity (Wildman–Crippen MR) is 88.2 cm³/mol. The molecule has 1 aliphatic carbocycles. The number of anilines is 1. The Kier molecular flexibility index (Phi) is 4.14. The highest BCUT2D eigenvalue weighted by Gasteiger charge is 2.30. The summed E-state index contributed by atoms with van der Waals surface area (Å²) < 4.78 is 5.47. The van der Waals surface area contributed by atoms with Crippen molar-refractivity contribution in [1.82, 2.24) is 0 Å². The molecule has 0 atom stereocenters. The molecule has 2 nitrogen and oxygen atoms in total.